The predicted octanol–water partition coefficient (Wildman–Crippen LogP) is 3.57. The van der Waals surface area contributed by atoms with Crippen LogP contribution in [0.3, 0.4) is 0 Å². The van der Waals surface area contributed by atoms with Crippen LogP contribution in [0.4, 0.5) is 26.0 Å². The van der Waals surface area contributed by atoms with Gasteiger partial charge in [-0.2, -0.15) is 5.10 Å². The summed E-state index contributed by atoms with van der Waals surface area (Å²) >= 11 is 0. The molecule has 3 N–H and O–H groups in total. The Morgan fingerprint density at radius 1 is 1.16 bits per heavy atom. The van der Waals surface area contributed by atoms with E-state index in [1.54, 1.807) is 11.1 Å². The minimum atomic E-state index is -0.645. The number of nitrogens with zero attached hydrogens (tertiary/aromatic N) is 3. The topological polar surface area (TPSA) is 61.2 Å². The molecule has 2 aromatic carbocycles. The highest BCUT2D eigenvalue weighted by atomic mass is 19.1. The van der Waals surface area contributed by atoms with E-state index >= 15 is 0 Å². The van der Waals surface area contributed by atoms with Crippen molar-refractivity contribution >= 4 is 17.2 Å². The van der Waals surface area contributed by atoms with Crippen molar-refractivity contribution in [2.45, 2.75) is 13.1 Å². The molecule has 1 aromatic heterocycles. The maximum atomic E-state index is 14.3. The number of hydrogen-bond donors (Lipinski definition) is 2. The maximum absolute atomic E-state index is 14.3. The number of nitrogens with one attached hydrogen (secondary N) is 1. The Balaban J connectivity index is 1.80. The van der Waals surface area contributed by atoms with Gasteiger partial charge in [0.15, 0.2) is 5.82 Å². The first-order valence-corrected chi connectivity index (χ1v) is 7.90. The summed E-state index contributed by atoms with van der Waals surface area (Å²) in [7, 11) is 0. The lowest BCUT2D eigenvalue weighted by Crippen LogP contribution is -2.46. The summed E-state index contributed by atoms with van der Waals surface area (Å²) in [5.74, 6) is -0.720. The Bertz CT molecular complexity index is 906. The summed E-state index contributed by atoms with van der Waals surface area (Å²) in [4.78, 5) is 3.63. The van der Waals surface area contributed by atoms with Crippen LogP contribution in [-0.4, -0.2) is 16.9 Å². The highest BCUT2D eigenvalue weighted by Gasteiger charge is 2.33. The van der Waals surface area contributed by atoms with E-state index in [9.17, 15) is 8.78 Å². The van der Waals surface area contributed by atoms with Gasteiger partial charge < -0.3 is 15.5 Å². The van der Waals surface area contributed by atoms with Crippen LogP contribution < -0.4 is 15.5 Å². The molecule has 25 heavy (non-hydrogen) atoms. The molecule has 0 aliphatic carbocycles. The minimum Gasteiger partial charge on any atom is -0.334 e. The fraction of sp³-hybridized carbons (Fsp3) is 0.167. The first-order valence-electron chi connectivity index (χ1n) is 7.90. The quantitative estimate of drug-likeness (QED) is 0.748. The Hall–Kier alpha value is -2.93. The first-order chi connectivity index (χ1) is 12.0. The van der Waals surface area contributed by atoms with Gasteiger partial charge in [-0.1, -0.05) is 17.7 Å². The number of aromatic amines is 1. The van der Waals surface area contributed by atoms with Crippen LogP contribution in [0.1, 0.15) is 17.3 Å². The Morgan fingerprint density at radius 2 is 1.92 bits per heavy atom. The molecule has 0 bridgehead atoms. The zero-order chi connectivity index (χ0) is 17.6. The summed E-state index contributed by atoms with van der Waals surface area (Å²) in [5, 5.41) is 6.99. The summed E-state index contributed by atoms with van der Waals surface area (Å²) in [6.45, 7) is 2.30. The van der Waals surface area contributed by atoms with E-state index in [1.807, 2.05) is 36.1 Å². The second-order valence-corrected chi connectivity index (χ2v) is 6.08. The fourth-order valence-electron chi connectivity index (χ4n) is 3.07. The molecule has 128 valence electrons. The number of anilines is 3. The van der Waals surface area contributed by atoms with Crippen molar-refractivity contribution in [1.29, 1.82) is 0 Å². The lowest BCUT2D eigenvalue weighted by molar-refractivity contribution is 0.572. The van der Waals surface area contributed by atoms with Crippen LogP contribution in [0.15, 0.2) is 48.7 Å². The maximum Gasteiger partial charge on any atom is 0.163 e. The van der Waals surface area contributed by atoms with Crippen molar-refractivity contribution < 1.29 is 8.78 Å². The molecule has 7 heteroatoms. The molecule has 0 amide bonds. The molecule has 0 radical (unpaired) electrons. The molecule has 1 aliphatic rings. The highest BCUT2D eigenvalue weighted by molar-refractivity contribution is 5.69. The number of halogens is 2. The van der Waals surface area contributed by atoms with Gasteiger partial charge >= 0.3 is 0 Å². The van der Waals surface area contributed by atoms with E-state index in [0.29, 0.717) is 12.5 Å². The number of rotatable bonds is 2. The van der Waals surface area contributed by atoms with Gasteiger partial charge in [-0.15, -0.1) is 0 Å². The van der Waals surface area contributed by atoms with E-state index < -0.39 is 17.8 Å². The third-order valence-electron chi connectivity index (χ3n) is 4.42. The highest BCUT2D eigenvalue weighted by Crippen LogP contribution is 2.39. The molecule has 2 heterocycles. The van der Waals surface area contributed by atoms with Crippen molar-refractivity contribution in [2.75, 3.05) is 16.5 Å². The molecular weight excluding hydrogens is 324 g/mol. The molecule has 0 saturated carbocycles. The summed E-state index contributed by atoms with van der Waals surface area (Å²) < 4.78 is 27.6. The van der Waals surface area contributed by atoms with E-state index in [2.05, 4.69) is 10.2 Å². The van der Waals surface area contributed by atoms with Gasteiger partial charge in [-0.25, -0.2) is 8.78 Å². The first kappa shape index (κ1) is 15.6. The number of nitrogens with two attached hydrogens (primary N) is 1. The molecule has 0 spiro atoms. The third-order valence-corrected chi connectivity index (χ3v) is 4.42. The van der Waals surface area contributed by atoms with Crippen LogP contribution in [0, 0.1) is 18.6 Å². The van der Waals surface area contributed by atoms with Gasteiger partial charge in [-0.05, 0) is 31.2 Å². The number of hydrogen-bond acceptors (Lipinski definition) is 4. The zero-order valence-corrected chi connectivity index (χ0v) is 13.6. The van der Waals surface area contributed by atoms with Gasteiger partial charge in [0.1, 0.15) is 17.8 Å². The van der Waals surface area contributed by atoms with Crippen LogP contribution in [-0.2, 0) is 0 Å². The summed E-state index contributed by atoms with van der Waals surface area (Å²) in [6, 6.07) is 11.4. The largest absolute Gasteiger partial charge is 0.334 e. The second kappa shape index (κ2) is 5.86. The van der Waals surface area contributed by atoms with Crippen molar-refractivity contribution in [1.82, 2.24) is 10.2 Å². The average Bonchev–Trinajstić information content (AvgIpc) is 3.07. The monoisotopic (exact) mass is 341 g/mol. The summed E-state index contributed by atoms with van der Waals surface area (Å²) in [5.41, 5.74) is 9.44. The normalized spacial score (nSPS) is 16.9. The molecule has 0 fully saturated rings. The number of benzene rings is 2. The van der Waals surface area contributed by atoms with Crippen molar-refractivity contribution in [3.05, 3.63) is 71.4 Å². The number of aryl methyl sites for hydroxylation is 1. The van der Waals surface area contributed by atoms with Crippen LogP contribution in [0.25, 0.3) is 0 Å². The van der Waals surface area contributed by atoms with Gasteiger partial charge in [0.2, 0.25) is 0 Å². The van der Waals surface area contributed by atoms with Crippen LogP contribution in [0.2, 0.25) is 0 Å². The molecular formula is C18H17F2N5. The Kier molecular flexibility index (Phi) is 3.65. The molecule has 1 unspecified atom stereocenters. The molecule has 0 saturated heterocycles. The van der Waals surface area contributed by atoms with Gasteiger partial charge in [0.25, 0.3) is 0 Å². The summed E-state index contributed by atoms with van der Waals surface area (Å²) in [6.07, 6.45) is 1.28. The minimum absolute atomic E-state index is 0.249. The molecule has 5 nitrogen and oxygen atoms in total. The average molecular weight is 341 g/mol. The van der Waals surface area contributed by atoms with Crippen molar-refractivity contribution in [2.24, 2.45) is 5.73 Å². The molecule has 1 aliphatic heterocycles. The Labute approximate surface area is 143 Å². The predicted molar refractivity (Wildman–Crippen MR) is 92.5 cm³/mol. The van der Waals surface area contributed by atoms with Crippen LogP contribution >= 0.6 is 0 Å². The van der Waals surface area contributed by atoms with Crippen LogP contribution in [0.5, 0.6) is 0 Å². The van der Waals surface area contributed by atoms with Crippen molar-refractivity contribution in [3.8, 4) is 0 Å². The lowest BCUT2D eigenvalue weighted by atomic mass is 10.1. The van der Waals surface area contributed by atoms with Gasteiger partial charge in [0, 0.05) is 18.0 Å². The van der Waals surface area contributed by atoms with E-state index in [-0.39, 0.29) is 5.69 Å². The molecule has 1 atom stereocenters. The van der Waals surface area contributed by atoms with Gasteiger partial charge in [-0.3, -0.25) is 5.10 Å². The van der Waals surface area contributed by atoms with E-state index in [1.165, 1.54) is 12.1 Å². The number of aromatic nitrogens is 2. The third kappa shape index (κ3) is 2.62. The fourth-order valence-corrected chi connectivity index (χ4v) is 3.07. The zero-order valence-electron chi connectivity index (χ0n) is 13.6. The standard InChI is InChI=1S/C18H17F2N5/c1-11-2-5-13(6-3-11)24-10-25(16-7-4-12(19)8-15(16)20)18-14(17(24)21)9-22-23-18/h2-9,17H,10,21H2,1H3,(H,22,23). The Morgan fingerprint density at radius 3 is 2.64 bits per heavy atom. The number of H-pyrrole nitrogens is 1. The number of fused-ring (bicyclic) bond motifs is 1. The SMILES string of the molecule is Cc1ccc(N2CN(c3ccc(F)cc3F)c3n[nH]cc3C2N)cc1. The van der Waals surface area contributed by atoms with Gasteiger partial charge in [0.05, 0.1) is 17.9 Å². The second-order valence-electron chi connectivity index (χ2n) is 6.08. The molecule has 3 aromatic rings. The van der Waals surface area contributed by atoms with Crippen molar-refractivity contribution in [3.63, 3.8) is 0 Å². The molecule has 4 rings (SSSR count). The van der Waals surface area contributed by atoms with E-state index in [0.717, 1.165) is 22.9 Å². The lowest BCUT2D eigenvalue weighted by Gasteiger charge is -2.41. The van der Waals surface area contributed by atoms with E-state index in [4.69, 9.17) is 5.73 Å². The smallest absolute Gasteiger partial charge is 0.163 e.